The monoisotopic (exact) mass is 265 g/mol. The average molecular weight is 265 g/mol. The molecule has 3 aliphatic rings. The van der Waals surface area contributed by atoms with Crippen LogP contribution in [0.15, 0.2) is 0 Å². The number of hydrogen-bond acceptors (Lipinski definition) is 3. The standard InChI is InChI=1S/C15H27N3O/c1-12(15(19)17-6-4-2-3-5-7-17)18-10-13-8-16-9-14(13)11-18/h12-14,16H,2-11H2,1H3/t12?,13-,14+. The van der Waals surface area contributed by atoms with E-state index in [2.05, 4.69) is 22.0 Å². The van der Waals surface area contributed by atoms with E-state index in [9.17, 15) is 4.79 Å². The zero-order valence-electron chi connectivity index (χ0n) is 12.1. The van der Waals surface area contributed by atoms with Gasteiger partial charge in [-0.15, -0.1) is 0 Å². The van der Waals surface area contributed by atoms with Gasteiger partial charge in [-0.3, -0.25) is 9.69 Å². The van der Waals surface area contributed by atoms with Crippen LogP contribution in [0, 0.1) is 11.8 Å². The van der Waals surface area contributed by atoms with Crippen molar-refractivity contribution in [3.63, 3.8) is 0 Å². The fourth-order valence-corrected chi connectivity index (χ4v) is 3.92. The summed E-state index contributed by atoms with van der Waals surface area (Å²) in [5.74, 6) is 1.92. The molecule has 3 saturated heterocycles. The Bertz CT molecular complexity index is 313. The fourth-order valence-electron chi connectivity index (χ4n) is 3.92. The van der Waals surface area contributed by atoms with Crippen molar-refractivity contribution < 1.29 is 4.79 Å². The van der Waals surface area contributed by atoms with Crippen LogP contribution in [0.5, 0.6) is 0 Å². The zero-order chi connectivity index (χ0) is 13.2. The summed E-state index contributed by atoms with van der Waals surface area (Å²) >= 11 is 0. The van der Waals surface area contributed by atoms with Crippen molar-refractivity contribution >= 4 is 5.91 Å². The Hall–Kier alpha value is -0.610. The number of likely N-dealkylation sites (tertiary alicyclic amines) is 2. The molecule has 0 aliphatic carbocycles. The van der Waals surface area contributed by atoms with Crippen LogP contribution in [0.3, 0.4) is 0 Å². The third kappa shape index (κ3) is 2.79. The van der Waals surface area contributed by atoms with E-state index < -0.39 is 0 Å². The molecule has 108 valence electrons. The maximum absolute atomic E-state index is 12.6. The summed E-state index contributed by atoms with van der Waals surface area (Å²) in [6.07, 6.45) is 4.96. The summed E-state index contributed by atoms with van der Waals surface area (Å²) in [5, 5.41) is 3.46. The Morgan fingerprint density at radius 2 is 1.63 bits per heavy atom. The van der Waals surface area contributed by atoms with Crippen LogP contribution in [0.1, 0.15) is 32.6 Å². The maximum Gasteiger partial charge on any atom is 0.239 e. The largest absolute Gasteiger partial charge is 0.341 e. The second kappa shape index (κ2) is 5.80. The molecule has 1 N–H and O–H groups in total. The molecule has 0 bridgehead atoms. The zero-order valence-corrected chi connectivity index (χ0v) is 12.1. The molecule has 1 amide bonds. The van der Waals surface area contributed by atoms with Gasteiger partial charge in [0.1, 0.15) is 0 Å². The second-order valence-corrected chi connectivity index (χ2v) is 6.55. The highest BCUT2D eigenvalue weighted by Crippen LogP contribution is 2.28. The van der Waals surface area contributed by atoms with Crippen molar-refractivity contribution in [3.8, 4) is 0 Å². The summed E-state index contributed by atoms with van der Waals surface area (Å²) in [6.45, 7) is 8.58. The summed E-state index contributed by atoms with van der Waals surface area (Å²) in [7, 11) is 0. The fraction of sp³-hybridized carbons (Fsp3) is 0.933. The number of nitrogens with one attached hydrogen (secondary N) is 1. The number of nitrogens with zero attached hydrogens (tertiary/aromatic N) is 2. The number of rotatable bonds is 2. The van der Waals surface area contributed by atoms with E-state index in [0.717, 1.165) is 51.1 Å². The predicted octanol–water partition coefficient (Wildman–Crippen LogP) is 0.929. The second-order valence-electron chi connectivity index (χ2n) is 6.55. The van der Waals surface area contributed by atoms with Crippen LogP contribution < -0.4 is 5.32 Å². The predicted molar refractivity (Wildman–Crippen MR) is 75.9 cm³/mol. The molecule has 0 aromatic carbocycles. The molecule has 0 saturated carbocycles. The average Bonchev–Trinajstić information content (AvgIpc) is 2.89. The van der Waals surface area contributed by atoms with Gasteiger partial charge in [-0.25, -0.2) is 0 Å². The molecule has 19 heavy (non-hydrogen) atoms. The minimum absolute atomic E-state index is 0.0868. The lowest BCUT2D eigenvalue weighted by molar-refractivity contribution is -0.136. The number of hydrogen-bond donors (Lipinski definition) is 1. The third-order valence-electron chi connectivity index (χ3n) is 5.24. The lowest BCUT2D eigenvalue weighted by Gasteiger charge is -2.30. The van der Waals surface area contributed by atoms with Gasteiger partial charge in [0.05, 0.1) is 6.04 Å². The van der Waals surface area contributed by atoms with Gasteiger partial charge in [0.2, 0.25) is 5.91 Å². The molecule has 4 heteroatoms. The smallest absolute Gasteiger partial charge is 0.239 e. The van der Waals surface area contributed by atoms with Gasteiger partial charge in [0.15, 0.2) is 0 Å². The van der Waals surface area contributed by atoms with Crippen molar-refractivity contribution in [1.82, 2.24) is 15.1 Å². The molecular formula is C15H27N3O. The van der Waals surface area contributed by atoms with Gasteiger partial charge in [0, 0.05) is 26.2 Å². The molecule has 0 aromatic heterocycles. The SMILES string of the molecule is CC(C(=O)N1CCCCCC1)N1C[C@H]2CNC[C@H]2C1. The first-order valence-electron chi connectivity index (χ1n) is 7.99. The summed E-state index contributed by atoms with van der Waals surface area (Å²) in [6, 6.07) is 0.0868. The van der Waals surface area contributed by atoms with Crippen molar-refractivity contribution in [3.05, 3.63) is 0 Å². The Morgan fingerprint density at radius 3 is 2.21 bits per heavy atom. The van der Waals surface area contributed by atoms with E-state index in [1.54, 1.807) is 0 Å². The van der Waals surface area contributed by atoms with Gasteiger partial charge in [-0.05, 0) is 44.7 Å². The molecule has 3 rings (SSSR count). The Labute approximate surface area is 116 Å². The first kappa shape index (κ1) is 13.4. The molecule has 4 nitrogen and oxygen atoms in total. The summed E-state index contributed by atoms with van der Waals surface area (Å²) in [5.41, 5.74) is 0. The lowest BCUT2D eigenvalue weighted by atomic mass is 10.0. The molecule has 0 aromatic rings. The van der Waals surface area contributed by atoms with E-state index in [4.69, 9.17) is 0 Å². The summed E-state index contributed by atoms with van der Waals surface area (Å²) < 4.78 is 0. The van der Waals surface area contributed by atoms with Gasteiger partial charge in [-0.1, -0.05) is 12.8 Å². The van der Waals surface area contributed by atoms with Crippen molar-refractivity contribution in [2.45, 2.75) is 38.6 Å². The Kier molecular flexibility index (Phi) is 4.08. The number of carbonyl (C=O) groups is 1. The van der Waals surface area contributed by atoms with Gasteiger partial charge in [0.25, 0.3) is 0 Å². The van der Waals surface area contributed by atoms with Crippen LogP contribution in [-0.4, -0.2) is 61.0 Å². The van der Waals surface area contributed by atoms with Crippen LogP contribution in [-0.2, 0) is 4.79 Å². The third-order valence-corrected chi connectivity index (χ3v) is 5.24. The Balaban J connectivity index is 1.57. The van der Waals surface area contributed by atoms with Crippen LogP contribution in [0.25, 0.3) is 0 Å². The van der Waals surface area contributed by atoms with Crippen molar-refractivity contribution in [2.24, 2.45) is 11.8 Å². The highest BCUT2D eigenvalue weighted by atomic mass is 16.2. The number of amides is 1. The molecule has 3 atom stereocenters. The first-order valence-corrected chi connectivity index (χ1v) is 7.99. The lowest BCUT2D eigenvalue weighted by Crippen LogP contribution is -2.47. The number of fused-ring (bicyclic) bond motifs is 1. The molecule has 0 spiro atoms. The first-order chi connectivity index (χ1) is 9.25. The molecular weight excluding hydrogens is 238 g/mol. The molecule has 0 radical (unpaired) electrons. The topological polar surface area (TPSA) is 35.6 Å². The van der Waals surface area contributed by atoms with Crippen LogP contribution >= 0.6 is 0 Å². The molecule has 3 heterocycles. The minimum Gasteiger partial charge on any atom is -0.341 e. The maximum atomic E-state index is 12.6. The van der Waals surface area contributed by atoms with Crippen molar-refractivity contribution in [2.75, 3.05) is 39.3 Å². The summed E-state index contributed by atoms with van der Waals surface area (Å²) in [4.78, 5) is 17.2. The van der Waals surface area contributed by atoms with Gasteiger partial charge < -0.3 is 10.2 Å². The van der Waals surface area contributed by atoms with E-state index >= 15 is 0 Å². The number of carbonyl (C=O) groups excluding carboxylic acids is 1. The van der Waals surface area contributed by atoms with Crippen LogP contribution in [0.2, 0.25) is 0 Å². The van der Waals surface area contributed by atoms with E-state index in [-0.39, 0.29) is 6.04 Å². The highest BCUT2D eigenvalue weighted by Gasteiger charge is 2.40. The quantitative estimate of drug-likeness (QED) is 0.807. The van der Waals surface area contributed by atoms with E-state index in [0.29, 0.717) is 5.91 Å². The molecule has 3 aliphatic heterocycles. The normalized spacial score (nSPS) is 34.1. The highest BCUT2D eigenvalue weighted by molar-refractivity contribution is 5.81. The van der Waals surface area contributed by atoms with Crippen LogP contribution in [0.4, 0.5) is 0 Å². The van der Waals surface area contributed by atoms with Gasteiger partial charge in [-0.2, -0.15) is 0 Å². The minimum atomic E-state index is 0.0868. The molecule has 3 fully saturated rings. The van der Waals surface area contributed by atoms with E-state index in [1.807, 2.05) is 0 Å². The molecule has 1 unspecified atom stereocenters. The van der Waals surface area contributed by atoms with Gasteiger partial charge >= 0.3 is 0 Å². The Morgan fingerprint density at radius 1 is 1.05 bits per heavy atom. The van der Waals surface area contributed by atoms with E-state index in [1.165, 1.54) is 25.7 Å². The van der Waals surface area contributed by atoms with Crippen molar-refractivity contribution in [1.29, 1.82) is 0 Å².